The number of halogens is 2. The van der Waals surface area contributed by atoms with Gasteiger partial charge in [-0.3, -0.25) is 13.9 Å². The van der Waals surface area contributed by atoms with Gasteiger partial charge in [0.15, 0.2) is 0 Å². The fourth-order valence-corrected chi connectivity index (χ4v) is 6.80. The van der Waals surface area contributed by atoms with Crippen LogP contribution in [0.1, 0.15) is 30.5 Å². The minimum Gasteiger partial charge on any atom is -0.352 e. The molecular weight excluding hydrogens is 662 g/mol. The molecule has 4 rings (SSSR count). The third kappa shape index (κ3) is 8.71. The summed E-state index contributed by atoms with van der Waals surface area (Å²) < 4.78 is 30.0. The number of amides is 2. The SMILES string of the molecule is Cc1ccc(S(=O)(=O)N(CC(=O)N(Cc2cccc(Br)c2)C(Cc2ccccc2)C(=O)NC(C)C)c2cccc(Cl)c2)cc1. The first-order chi connectivity index (χ1) is 20.9. The molecule has 1 N–H and O–H groups in total. The summed E-state index contributed by atoms with van der Waals surface area (Å²) in [6.45, 7) is 5.10. The van der Waals surface area contributed by atoms with Gasteiger partial charge in [0.25, 0.3) is 10.0 Å². The molecule has 10 heteroatoms. The molecule has 1 unspecified atom stereocenters. The van der Waals surface area contributed by atoms with Gasteiger partial charge in [0.2, 0.25) is 11.8 Å². The molecule has 4 aromatic carbocycles. The molecule has 4 aromatic rings. The maximum Gasteiger partial charge on any atom is 0.264 e. The van der Waals surface area contributed by atoms with Crippen molar-refractivity contribution in [2.75, 3.05) is 10.8 Å². The number of carbonyl (C=O) groups is 2. The van der Waals surface area contributed by atoms with Crippen molar-refractivity contribution in [2.24, 2.45) is 0 Å². The van der Waals surface area contributed by atoms with Gasteiger partial charge in [-0.2, -0.15) is 0 Å². The van der Waals surface area contributed by atoms with Gasteiger partial charge in [-0.25, -0.2) is 8.42 Å². The number of benzene rings is 4. The summed E-state index contributed by atoms with van der Waals surface area (Å²) >= 11 is 9.78. The van der Waals surface area contributed by atoms with Gasteiger partial charge in [0.05, 0.1) is 10.6 Å². The Kier molecular flexibility index (Phi) is 11.2. The lowest BCUT2D eigenvalue weighted by Crippen LogP contribution is -2.54. The van der Waals surface area contributed by atoms with Crippen LogP contribution in [-0.2, 0) is 32.6 Å². The van der Waals surface area contributed by atoms with Crippen LogP contribution < -0.4 is 9.62 Å². The molecule has 2 amide bonds. The van der Waals surface area contributed by atoms with E-state index in [1.54, 1.807) is 30.3 Å². The molecule has 0 aliphatic heterocycles. The number of sulfonamides is 1. The number of hydrogen-bond donors (Lipinski definition) is 1. The standard InChI is InChI=1S/C34H35BrClN3O4S/c1-24(2)37-34(41)32(20-26-9-5-4-6-10-26)38(22-27-11-7-12-28(35)19-27)33(40)23-39(30-14-8-13-29(36)21-30)44(42,43)31-17-15-25(3)16-18-31/h4-19,21,24,32H,20,22-23H2,1-3H3,(H,37,41). The monoisotopic (exact) mass is 695 g/mol. The Bertz CT molecular complexity index is 1700. The average molecular weight is 697 g/mol. The maximum absolute atomic E-state index is 14.5. The highest BCUT2D eigenvalue weighted by Crippen LogP contribution is 2.27. The van der Waals surface area contributed by atoms with Crippen molar-refractivity contribution in [3.05, 3.63) is 129 Å². The molecule has 0 fully saturated rings. The van der Waals surface area contributed by atoms with Crippen molar-refractivity contribution in [1.29, 1.82) is 0 Å². The fourth-order valence-electron chi connectivity index (χ4n) is 4.76. The molecule has 0 aliphatic rings. The van der Waals surface area contributed by atoms with Crippen LogP contribution in [0.5, 0.6) is 0 Å². The molecule has 0 aromatic heterocycles. The summed E-state index contributed by atoms with van der Waals surface area (Å²) in [6.07, 6.45) is 0.237. The largest absolute Gasteiger partial charge is 0.352 e. The molecule has 0 aliphatic carbocycles. The normalized spacial score (nSPS) is 12.0. The van der Waals surface area contributed by atoms with E-state index in [4.69, 9.17) is 11.6 Å². The molecule has 0 saturated heterocycles. The van der Waals surface area contributed by atoms with Gasteiger partial charge < -0.3 is 10.2 Å². The van der Waals surface area contributed by atoms with Crippen LogP contribution in [0.4, 0.5) is 5.69 Å². The van der Waals surface area contributed by atoms with Crippen LogP contribution in [0.25, 0.3) is 0 Å². The van der Waals surface area contributed by atoms with E-state index in [9.17, 15) is 18.0 Å². The topological polar surface area (TPSA) is 86.8 Å². The first kappa shape index (κ1) is 33.2. The highest BCUT2D eigenvalue weighted by Gasteiger charge is 2.35. The van der Waals surface area contributed by atoms with Crippen molar-refractivity contribution in [2.45, 2.75) is 50.7 Å². The van der Waals surface area contributed by atoms with Gasteiger partial charge in [-0.15, -0.1) is 0 Å². The first-order valence-corrected chi connectivity index (χ1v) is 16.8. The second kappa shape index (κ2) is 14.9. The lowest BCUT2D eigenvalue weighted by molar-refractivity contribution is -0.140. The Morgan fingerprint density at radius 2 is 1.52 bits per heavy atom. The number of nitrogens with zero attached hydrogens (tertiary/aromatic N) is 2. The Morgan fingerprint density at radius 3 is 2.16 bits per heavy atom. The van der Waals surface area contributed by atoms with Crippen LogP contribution in [0.2, 0.25) is 5.02 Å². The molecule has 0 bridgehead atoms. The molecule has 0 saturated carbocycles. The van der Waals surface area contributed by atoms with E-state index in [-0.39, 0.29) is 35.5 Å². The van der Waals surface area contributed by atoms with Crippen molar-refractivity contribution < 1.29 is 18.0 Å². The van der Waals surface area contributed by atoms with Gasteiger partial charge in [-0.1, -0.05) is 93.8 Å². The van der Waals surface area contributed by atoms with E-state index >= 15 is 0 Å². The van der Waals surface area contributed by atoms with E-state index < -0.39 is 28.5 Å². The second-order valence-corrected chi connectivity index (χ2v) is 14.0. The minimum atomic E-state index is -4.20. The van der Waals surface area contributed by atoms with Gasteiger partial charge in [-0.05, 0) is 74.4 Å². The predicted octanol–water partition coefficient (Wildman–Crippen LogP) is 6.77. The fraction of sp³-hybridized carbons (Fsp3) is 0.235. The lowest BCUT2D eigenvalue weighted by Gasteiger charge is -2.34. The summed E-state index contributed by atoms with van der Waals surface area (Å²) in [5.41, 5.74) is 2.77. The lowest BCUT2D eigenvalue weighted by atomic mass is 10.0. The number of rotatable bonds is 12. The van der Waals surface area contributed by atoms with Crippen LogP contribution in [0, 0.1) is 6.92 Å². The second-order valence-electron chi connectivity index (χ2n) is 10.8. The number of anilines is 1. The van der Waals surface area contributed by atoms with E-state index in [2.05, 4.69) is 21.2 Å². The quantitative estimate of drug-likeness (QED) is 0.177. The summed E-state index contributed by atoms with van der Waals surface area (Å²) in [4.78, 5) is 29.7. The zero-order valence-corrected chi connectivity index (χ0v) is 27.9. The average Bonchev–Trinajstić information content (AvgIpc) is 2.98. The summed E-state index contributed by atoms with van der Waals surface area (Å²) in [5, 5.41) is 3.28. The van der Waals surface area contributed by atoms with E-state index in [1.807, 2.05) is 75.4 Å². The summed E-state index contributed by atoms with van der Waals surface area (Å²) in [6, 6.07) is 28.6. The smallest absolute Gasteiger partial charge is 0.264 e. The van der Waals surface area contributed by atoms with Crippen LogP contribution in [-0.4, -0.2) is 43.8 Å². The molecule has 7 nitrogen and oxygen atoms in total. The number of nitrogens with one attached hydrogen (secondary N) is 1. The minimum absolute atomic E-state index is 0.0350. The zero-order valence-electron chi connectivity index (χ0n) is 24.8. The number of aryl methyl sites for hydroxylation is 1. The third-order valence-electron chi connectivity index (χ3n) is 6.93. The van der Waals surface area contributed by atoms with Crippen LogP contribution in [0.3, 0.4) is 0 Å². The zero-order chi connectivity index (χ0) is 31.9. The van der Waals surface area contributed by atoms with E-state index in [0.29, 0.717) is 5.02 Å². The van der Waals surface area contributed by atoms with E-state index in [1.165, 1.54) is 23.1 Å². The molecule has 0 spiro atoms. The third-order valence-corrected chi connectivity index (χ3v) is 9.44. The molecule has 44 heavy (non-hydrogen) atoms. The number of carbonyl (C=O) groups excluding carboxylic acids is 2. The summed E-state index contributed by atoms with van der Waals surface area (Å²) in [5.74, 6) is -0.872. The van der Waals surface area contributed by atoms with E-state index in [0.717, 1.165) is 25.5 Å². The van der Waals surface area contributed by atoms with Crippen molar-refractivity contribution >= 4 is 55.1 Å². The molecular formula is C34H35BrClN3O4S. The Labute approximate surface area is 273 Å². The molecule has 230 valence electrons. The highest BCUT2D eigenvalue weighted by molar-refractivity contribution is 9.10. The number of hydrogen-bond acceptors (Lipinski definition) is 4. The summed E-state index contributed by atoms with van der Waals surface area (Å²) in [7, 11) is -4.20. The molecule has 0 heterocycles. The van der Waals surface area contributed by atoms with Crippen molar-refractivity contribution in [1.82, 2.24) is 10.2 Å². The van der Waals surface area contributed by atoms with Crippen LogP contribution in [0.15, 0.2) is 112 Å². The van der Waals surface area contributed by atoms with Crippen molar-refractivity contribution in [3.63, 3.8) is 0 Å². The maximum atomic E-state index is 14.5. The predicted molar refractivity (Wildman–Crippen MR) is 179 cm³/mol. The van der Waals surface area contributed by atoms with Gasteiger partial charge >= 0.3 is 0 Å². The highest BCUT2D eigenvalue weighted by atomic mass is 79.9. The molecule has 0 radical (unpaired) electrons. The Balaban J connectivity index is 1.81. The molecule has 1 atom stereocenters. The first-order valence-electron chi connectivity index (χ1n) is 14.2. The Hall–Kier alpha value is -3.66. The Morgan fingerprint density at radius 1 is 0.864 bits per heavy atom. The van der Waals surface area contributed by atoms with Gasteiger partial charge in [0.1, 0.15) is 12.6 Å². The van der Waals surface area contributed by atoms with Gasteiger partial charge in [0, 0.05) is 28.5 Å². The van der Waals surface area contributed by atoms with Crippen LogP contribution >= 0.6 is 27.5 Å². The van der Waals surface area contributed by atoms with Crippen molar-refractivity contribution in [3.8, 4) is 0 Å².